The van der Waals surface area contributed by atoms with Crippen molar-refractivity contribution in [1.82, 2.24) is 4.98 Å². The Kier molecular flexibility index (Phi) is 2.51. The Morgan fingerprint density at radius 1 is 1.33 bits per heavy atom. The van der Waals surface area contributed by atoms with Crippen molar-refractivity contribution < 1.29 is 9.90 Å². The Morgan fingerprint density at radius 3 is 2.53 bits per heavy atom. The van der Waals surface area contributed by atoms with E-state index in [1.807, 2.05) is 6.92 Å². The fourth-order valence-electron chi connectivity index (χ4n) is 1.35. The maximum absolute atomic E-state index is 10.6. The maximum Gasteiger partial charge on any atom is 0.178 e. The number of benzene rings is 1. The Bertz CT molecular complexity index is 488. The van der Waals surface area contributed by atoms with Gasteiger partial charge in [-0.25, -0.2) is 4.98 Å². The van der Waals surface area contributed by atoms with Gasteiger partial charge in [-0.2, -0.15) is 0 Å². The Balaban J connectivity index is 2.48. The number of carbonyl (C=O) groups excluding carboxylic acids is 1. The van der Waals surface area contributed by atoms with Crippen molar-refractivity contribution >= 4 is 17.6 Å². The number of aromatic hydroxyl groups is 1. The fourth-order valence-corrected chi connectivity index (χ4v) is 2.11. The first-order valence-electron chi connectivity index (χ1n) is 4.42. The largest absolute Gasteiger partial charge is 0.508 e. The molecule has 1 heterocycles. The topological polar surface area (TPSA) is 50.2 Å². The van der Waals surface area contributed by atoms with E-state index in [4.69, 9.17) is 5.11 Å². The number of carbonyl (C=O) groups is 1. The average molecular weight is 219 g/mol. The van der Waals surface area contributed by atoms with Gasteiger partial charge in [-0.05, 0) is 31.2 Å². The highest BCUT2D eigenvalue weighted by atomic mass is 32.1. The van der Waals surface area contributed by atoms with E-state index in [0.29, 0.717) is 5.01 Å². The van der Waals surface area contributed by atoms with Crippen molar-refractivity contribution in [2.24, 2.45) is 0 Å². The molecular formula is C11H9NO2S. The van der Waals surface area contributed by atoms with E-state index in [1.54, 1.807) is 24.3 Å². The third-order valence-electron chi connectivity index (χ3n) is 2.05. The normalized spacial score (nSPS) is 10.2. The molecule has 0 atom stereocenters. The van der Waals surface area contributed by atoms with Crippen molar-refractivity contribution in [3.63, 3.8) is 0 Å². The van der Waals surface area contributed by atoms with Crippen LogP contribution < -0.4 is 0 Å². The van der Waals surface area contributed by atoms with Gasteiger partial charge in [-0.15, -0.1) is 11.3 Å². The van der Waals surface area contributed by atoms with Gasteiger partial charge in [0, 0.05) is 10.4 Å². The standard InChI is InChI=1S/C11H9NO2S/c1-7-11(12-10(6-13)15-7)8-2-4-9(14)5-3-8/h2-6,14H,1H3. The molecule has 1 aromatic carbocycles. The Hall–Kier alpha value is -1.68. The minimum atomic E-state index is 0.224. The van der Waals surface area contributed by atoms with Crippen LogP contribution in [0.2, 0.25) is 0 Å². The molecule has 0 saturated carbocycles. The summed E-state index contributed by atoms with van der Waals surface area (Å²) in [4.78, 5) is 15.8. The summed E-state index contributed by atoms with van der Waals surface area (Å²) >= 11 is 1.37. The predicted molar refractivity (Wildman–Crippen MR) is 59.3 cm³/mol. The fraction of sp³-hybridized carbons (Fsp3) is 0.0909. The second kappa shape index (κ2) is 3.82. The molecule has 4 heteroatoms. The zero-order valence-corrected chi connectivity index (χ0v) is 8.91. The summed E-state index contributed by atoms with van der Waals surface area (Å²) in [5, 5.41) is 9.63. The van der Waals surface area contributed by atoms with Crippen LogP contribution in [0, 0.1) is 6.92 Å². The van der Waals surface area contributed by atoms with E-state index in [2.05, 4.69) is 4.98 Å². The predicted octanol–water partition coefficient (Wildman–Crippen LogP) is 2.64. The number of aromatic nitrogens is 1. The number of hydrogen-bond donors (Lipinski definition) is 1. The quantitative estimate of drug-likeness (QED) is 0.790. The third-order valence-corrected chi connectivity index (χ3v) is 2.95. The van der Waals surface area contributed by atoms with E-state index in [-0.39, 0.29) is 5.75 Å². The van der Waals surface area contributed by atoms with Crippen molar-refractivity contribution in [2.75, 3.05) is 0 Å². The lowest BCUT2D eigenvalue weighted by molar-refractivity contribution is 0.112. The van der Waals surface area contributed by atoms with E-state index < -0.39 is 0 Å². The SMILES string of the molecule is Cc1sc(C=O)nc1-c1ccc(O)cc1. The van der Waals surface area contributed by atoms with Crippen LogP contribution in [0.4, 0.5) is 0 Å². The molecular weight excluding hydrogens is 210 g/mol. The lowest BCUT2D eigenvalue weighted by atomic mass is 10.1. The highest BCUT2D eigenvalue weighted by molar-refractivity contribution is 7.13. The summed E-state index contributed by atoms with van der Waals surface area (Å²) in [6.07, 6.45) is 0.752. The number of thiazole rings is 1. The molecule has 0 amide bonds. The average Bonchev–Trinajstić information content (AvgIpc) is 2.61. The number of phenols is 1. The van der Waals surface area contributed by atoms with Gasteiger partial charge in [0.25, 0.3) is 0 Å². The van der Waals surface area contributed by atoms with E-state index in [9.17, 15) is 4.79 Å². The van der Waals surface area contributed by atoms with Gasteiger partial charge in [0.1, 0.15) is 5.75 Å². The smallest absolute Gasteiger partial charge is 0.178 e. The molecule has 1 N–H and O–H groups in total. The lowest BCUT2D eigenvalue weighted by Crippen LogP contribution is -1.81. The first-order valence-corrected chi connectivity index (χ1v) is 5.24. The molecule has 0 bridgehead atoms. The highest BCUT2D eigenvalue weighted by Crippen LogP contribution is 2.27. The highest BCUT2D eigenvalue weighted by Gasteiger charge is 2.08. The monoisotopic (exact) mass is 219 g/mol. The Morgan fingerprint density at radius 2 is 2.00 bits per heavy atom. The van der Waals surface area contributed by atoms with Gasteiger partial charge in [0.15, 0.2) is 11.3 Å². The zero-order valence-electron chi connectivity index (χ0n) is 8.10. The summed E-state index contributed by atoms with van der Waals surface area (Å²) in [6.45, 7) is 1.92. The minimum Gasteiger partial charge on any atom is -0.508 e. The van der Waals surface area contributed by atoms with Crippen molar-refractivity contribution in [2.45, 2.75) is 6.92 Å². The van der Waals surface area contributed by atoms with Crippen molar-refractivity contribution in [3.05, 3.63) is 34.2 Å². The van der Waals surface area contributed by atoms with Crippen molar-refractivity contribution in [1.29, 1.82) is 0 Å². The summed E-state index contributed by atoms with van der Waals surface area (Å²) in [7, 11) is 0. The number of phenolic OH excluding ortho intramolecular Hbond substituents is 1. The number of aldehydes is 1. The summed E-state index contributed by atoms with van der Waals surface area (Å²) < 4.78 is 0. The first-order chi connectivity index (χ1) is 7.20. The van der Waals surface area contributed by atoms with Gasteiger partial charge < -0.3 is 5.11 Å². The molecule has 0 aliphatic rings. The van der Waals surface area contributed by atoms with Crippen LogP contribution in [0.3, 0.4) is 0 Å². The number of hydrogen-bond acceptors (Lipinski definition) is 4. The molecule has 3 nitrogen and oxygen atoms in total. The molecule has 0 aliphatic carbocycles. The molecule has 0 spiro atoms. The molecule has 0 radical (unpaired) electrons. The molecule has 1 aromatic heterocycles. The van der Waals surface area contributed by atoms with Gasteiger partial charge in [0.2, 0.25) is 0 Å². The molecule has 76 valence electrons. The minimum absolute atomic E-state index is 0.224. The van der Waals surface area contributed by atoms with Crippen LogP contribution >= 0.6 is 11.3 Å². The maximum atomic E-state index is 10.6. The molecule has 2 aromatic rings. The molecule has 0 saturated heterocycles. The molecule has 0 fully saturated rings. The van der Waals surface area contributed by atoms with Crippen LogP contribution in [0.5, 0.6) is 5.75 Å². The molecule has 0 aliphatic heterocycles. The summed E-state index contributed by atoms with van der Waals surface area (Å²) in [5.41, 5.74) is 1.72. The number of nitrogens with zero attached hydrogens (tertiary/aromatic N) is 1. The van der Waals surface area contributed by atoms with E-state index in [0.717, 1.165) is 22.4 Å². The summed E-state index contributed by atoms with van der Waals surface area (Å²) in [6, 6.07) is 6.78. The van der Waals surface area contributed by atoms with Crippen LogP contribution in [0.15, 0.2) is 24.3 Å². The van der Waals surface area contributed by atoms with E-state index >= 15 is 0 Å². The van der Waals surface area contributed by atoms with E-state index in [1.165, 1.54) is 11.3 Å². The number of rotatable bonds is 2. The van der Waals surface area contributed by atoms with Crippen LogP contribution in [-0.4, -0.2) is 16.4 Å². The Labute approximate surface area is 91.0 Å². The third kappa shape index (κ3) is 1.89. The molecule has 15 heavy (non-hydrogen) atoms. The van der Waals surface area contributed by atoms with Crippen LogP contribution in [0.25, 0.3) is 11.3 Å². The van der Waals surface area contributed by atoms with Gasteiger partial charge in [-0.1, -0.05) is 0 Å². The molecule has 2 rings (SSSR count). The van der Waals surface area contributed by atoms with Crippen LogP contribution in [0.1, 0.15) is 14.7 Å². The first kappa shape index (κ1) is 9.86. The second-order valence-electron chi connectivity index (χ2n) is 3.12. The van der Waals surface area contributed by atoms with Gasteiger partial charge in [0.05, 0.1) is 5.69 Å². The van der Waals surface area contributed by atoms with Gasteiger partial charge >= 0.3 is 0 Å². The zero-order chi connectivity index (χ0) is 10.8. The second-order valence-corrected chi connectivity index (χ2v) is 4.36. The number of aryl methyl sites for hydroxylation is 1. The van der Waals surface area contributed by atoms with Crippen LogP contribution in [-0.2, 0) is 0 Å². The van der Waals surface area contributed by atoms with Gasteiger partial charge in [-0.3, -0.25) is 4.79 Å². The summed E-state index contributed by atoms with van der Waals surface area (Å²) in [5.74, 6) is 0.224. The lowest BCUT2D eigenvalue weighted by Gasteiger charge is -1.98. The van der Waals surface area contributed by atoms with Crippen molar-refractivity contribution in [3.8, 4) is 17.0 Å². The molecule has 0 unspecified atom stereocenters.